The maximum Gasteiger partial charge on any atom is 0.272 e. The average Bonchev–Trinajstić information content (AvgIpc) is 3.29. The maximum absolute atomic E-state index is 12.6. The zero-order valence-corrected chi connectivity index (χ0v) is 16.8. The van der Waals surface area contributed by atoms with Crippen molar-refractivity contribution < 1.29 is 9.59 Å². The summed E-state index contributed by atoms with van der Waals surface area (Å²) in [4.78, 5) is 34.3. The molecule has 7 heteroatoms. The molecule has 29 heavy (non-hydrogen) atoms. The number of rotatable bonds is 4. The van der Waals surface area contributed by atoms with Crippen molar-refractivity contribution in [3.05, 3.63) is 48.3 Å². The first-order valence-corrected chi connectivity index (χ1v) is 10.2. The normalized spacial score (nSPS) is 16.8. The average molecular weight is 393 g/mol. The summed E-state index contributed by atoms with van der Waals surface area (Å²) in [5.74, 6) is -0.0335. The highest BCUT2D eigenvalue weighted by atomic mass is 16.2. The van der Waals surface area contributed by atoms with Gasteiger partial charge in [-0.1, -0.05) is 0 Å². The van der Waals surface area contributed by atoms with Gasteiger partial charge in [0.2, 0.25) is 5.91 Å². The number of anilines is 3. The van der Waals surface area contributed by atoms with Gasteiger partial charge in [0.1, 0.15) is 5.69 Å². The minimum Gasteiger partial charge on any atom is -0.372 e. The van der Waals surface area contributed by atoms with Gasteiger partial charge >= 0.3 is 0 Å². The molecule has 152 valence electrons. The van der Waals surface area contributed by atoms with Crippen molar-refractivity contribution in [1.82, 2.24) is 14.8 Å². The minimum atomic E-state index is -0.0882. The van der Waals surface area contributed by atoms with E-state index in [0.29, 0.717) is 31.9 Å². The summed E-state index contributed by atoms with van der Waals surface area (Å²) in [6.07, 6.45) is 4.22. The fourth-order valence-corrected chi connectivity index (χ4v) is 3.88. The molecule has 2 aromatic rings. The van der Waals surface area contributed by atoms with Crippen molar-refractivity contribution in [1.29, 1.82) is 0 Å². The second-order valence-corrected chi connectivity index (χ2v) is 7.60. The number of pyridine rings is 1. The van der Waals surface area contributed by atoms with Crippen LogP contribution in [-0.2, 0) is 4.79 Å². The lowest BCUT2D eigenvalue weighted by Crippen LogP contribution is -2.50. The molecule has 0 atom stereocenters. The van der Waals surface area contributed by atoms with Crippen LogP contribution in [0.25, 0.3) is 0 Å². The molecule has 2 aliphatic heterocycles. The topological polar surface area (TPSA) is 68.8 Å². The van der Waals surface area contributed by atoms with Crippen molar-refractivity contribution in [2.24, 2.45) is 0 Å². The highest BCUT2D eigenvalue weighted by Crippen LogP contribution is 2.24. The Bertz CT molecular complexity index is 852. The van der Waals surface area contributed by atoms with Crippen molar-refractivity contribution in [2.45, 2.75) is 19.8 Å². The van der Waals surface area contributed by atoms with Gasteiger partial charge in [0.15, 0.2) is 0 Å². The third kappa shape index (κ3) is 4.50. The van der Waals surface area contributed by atoms with E-state index in [1.54, 1.807) is 29.0 Å². The molecule has 7 nitrogen and oxygen atoms in total. The van der Waals surface area contributed by atoms with E-state index in [1.165, 1.54) is 18.5 Å². The molecule has 0 aliphatic carbocycles. The van der Waals surface area contributed by atoms with E-state index in [9.17, 15) is 9.59 Å². The number of hydrogen-bond acceptors (Lipinski definition) is 5. The first kappa shape index (κ1) is 19.2. The van der Waals surface area contributed by atoms with Crippen LogP contribution in [0.2, 0.25) is 0 Å². The molecule has 1 aromatic carbocycles. The minimum absolute atomic E-state index is 0.0547. The molecule has 0 bridgehead atoms. The van der Waals surface area contributed by atoms with Gasteiger partial charge < -0.3 is 20.0 Å². The van der Waals surface area contributed by atoms with Crippen molar-refractivity contribution >= 4 is 28.9 Å². The molecule has 0 saturated carbocycles. The second-order valence-electron chi connectivity index (χ2n) is 7.60. The molecule has 2 saturated heterocycles. The molecule has 2 aliphatic rings. The second kappa shape index (κ2) is 8.51. The predicted molar refractivity (Wildman–Crippen MR) is 114 cm³/mol. The lowest BCUT2D eigenvalue weighted by molar-refractivity contribution is -0.130. The third-order valence-electron chi connectivity index (χ3n) is 5.62. The molecule has 1 aromatic heterocycles. The van der Waals surface area contributed by atoms with Gasteiger partial charge in [-0.05, 0) is 49.2 Å². The smallest absolute Gasteiger partial charge is 0.272 e. The molecule has 4 rings (SSSR count). The number of aromatic nitrogens is 1. The number of nitrogens with one attached hydrogen (secondary N) is 1. The highest BCUT2D eigenvalue weighted by Gasteiger charge is 2.23. The number of carbonyl (C=O) groups excluding carboxylic acids is 2. The number of nitrogens with zero attached hydrogens (tertiary/aromatic N) is 4. The predicted octanol–water partition coefficient (Wildman–Crippen LogP) is 2.73. The number of hydrogen-bond donors (Lipinski definition) is 1. The van der Waals surface area contributed by atoms with Crippen LogP contribution in [0.5, 0.6) is 0 Å². The first-order valence-electron chi connectivity index (χ1n) is 10.2. The SMILES string of the molecule is CC(=O)N1CCN(C(=O)c2ccc(Nc3ccc(N4CCCC4)cc3)cn2)CC1. The van der Waals surface area contributed by atoms with Crippen LogP contribution in [-0.4, -0.2) is 65.9 Å². The van der Waals surface area contributed by atoms with Gasteiger partial charge in [-0.2, -0.15) is 0 Å². The van der Waals surface area contributed by atoms with E-state index in [1.807, 2.05) is 6.07 Å². The third-order valence-corrected chi connectivity index (χ3v) is 5.62. The Morgan fingerprint density at radius 2 is 1.45 bits per heavy atom. The van der Waals surface area contributed by atoms with Gasteiger partial charge in [0, 0.05) is 57.6 Å². The molecule has 0 radical (unpaired) electrons. The first-order chi connectivity index (χ1) is 14.1. The fourth-order valence-electron chi connectivity index (χ4n) is 3.88. The summed E-state index contributed by atoms with van der Waals surface area (Å²) in [7, 11) is 0. The van der Waals surface area contributed by atoms with E-state index >= 15 is 0 Å². The molecule has 0 unspecified atom stereocenters. The van der Waals surface area contributed by atoms with E-state index < -0.39 is 0 Å². The van der Waals surface area contributed by atoms with Gasteiger partial charge in [-0.3, -0.25) is 9.59 Å². The van der Waals surface area contributed by atoms with E-state index in [0.717, 1.165) is 24.5 Å². The Morgan fingerprint density at radius 1 is 0.828 bits per heavy atom. The molecule has 0 spiro atoms. The zero-order chi connectivity index (χ0) is 20.2. The monoisotopic (exact) mass is 393 g/mol. The molecule has 2 amide bonds. The van der Waals surface area contributed by atoms with Crippen LogP contribution in [0.15, 0.2) is 42.6 Å². The number of benzene rings is 1. The summed E-state index contributed by atoms with van der Waals surface area (Å²) in [5, 5.41) is 3.34. The number of carbonyl (C=O) groups is 2. The standard InChI is InChI=1S/C22H27N5O2/c1-17(28)25-12-14-27(15-13-25)22(29)21-9-6-19(16-23-21)24-18-4-7-20(8-5-18)26-10-2-3-11-26/h4-9,16,24H,2-3,10-15H2,1H3. The number of piperazine rings is 1. The Balaban J connectivity index is 1.34. The maximum atomic E-state index is 12.6. The largest absolute Gasteiger partial charge is 0.372 e. The van der Waals surface area contributed by atoms with Gasteiger partial charge in [0.05, 0.1) is 11.9 Å². The lowest BCUT2D eigenvalue weighted by Gasteiger charge is -2.34. The summed E-state index contributed by atoms with van der Waals surface area (Å²) in [6.45, 7) is 6.08. The van der Waals surface area contributed by atoms with Gasteiger partial charge in [-0.15, -0.1) is 0 Å². The van der Waals surface area contributed by atoms with Crippen LogP contribution < -0.4 is 10.2 Å². The molecule has 1 N–H and O–H groups in total. The Labute approximate surface area is 171 Å². The summed E-state index contributed by atoms with van der Waals surface area (Å²) < 4.78 is 0. The van der Waals surface area contributed by atoms with Gasteiger partial charge in [-0.25, -0.2) is 4.98 Å². The van der Waals surface area contributed by atoms with Crippen LogP contribution in [0.1, 0.15) is 30.3 Å². The highest BCUT2D eigenvalue weighted by molar-refractivity contribution is 5.92. The quantitative estimate of drug-likeness (QED) is 0.865. The van der Waals surface area contributed by atoms with Crippen molar-refractivity contribution in [3.8, 4) is 0 Å². The van der Waals surface area contributed by atoms with Crippen LogP contribution in [0.4, 0.5) is 17.1 Å². The molecule has 2 fully saturated rings. The zero-order valence-electron chi connectivity index (χ0n) is 16.8. The van der Waals surface area contributed by atoms with Crippen LogP contribution >= 0.6 is 0 Å². The Morgan fingerprint density at radius 3 is 2.03 bits per heavy atom. The Hall–Kier alpha value is -3.09. The van der Waals surface area contributed by atoms with Crippen LogP contribution in [0.3, 0.4) is 0 Å². The van der Waals surface area contributed by atoms with Crippen LogP contribution in [0, 0.1) is 0 Å². The molecule has 3 heterocycles. The Kier molecular flexibility index (Phi) is 5.64. The molecular formula is C22H27N5O2. The van der Waals surface area contributed by atoms with E-state index in [2.05, 4.69) is 39.5 Å². The molecular weight excluding hydrogens is 366 g/mol. The lowest BCUT2D eigenvalue weighted by atomic mass is 10.2. The van der Waals surface area contributed by atoms with E-state index in [-0.39, 0.29) is 11.8 Å². The summed E-state index contributed by atoms with van der Waals surface area (Å²) in [6, 6.07) is 12.0. The van der Waals surface area contributed by atoms with Crippen molar-refractivity contribution in [2.75, 3.05) is 49.5 Å². The van der Waals surface area contributed by atoms with Crippen molar-refractivity contribution in [3.63, 3.8) is 0 Å². The summed E-state index contributed by atoms with van der Waals surface area (Å²) in [5.41, 5.74) is 3.53. The fraction of sp³-hybridized carbons (Fsp3) is 0.409. The van der Waals surface area contributed by atoms with E-state index in [4.69, 9.17) is 0 Å². The van der Waals surface area contributed by atoms with Gasteiger partial charge in [0.25, 0.3) is 5.91 Å². The number of amides is 2. The summed E-state index contributed by atoms with van der Waals surface area (Å²) >= 11 is 0.